The number of carbonyl (C=O) groups is 3. The van der Waals surface area contributed by atoms with Crippen molar-refractivity contribution in [3.05, 3.63) is 158 Å². The summed E-state index contributed by atoms with van der Waals surface area (Å²) in [6.45, 7) is 41.4. The van der Waals surface area contributed by atoms with E-state index in [4.69, 9.17) is 43.8 Å². The number of nitrogens with zero attached hydrogens (tertiary/aromatic N) is 6. The summed E-state index contributed by atoms with van der Waals surface area (Å²) in [5.74, 6) is 1.58. The number of nitro benzene ring substituents is 3. The zero-order chi connectivity index (χ0) is 82.8. The van der Waals surface area contributed by atoms with Gasteiger partial charge in [0.15, 0.2) is 5.75 Å². The van der Waals surface area contributed by atoms with Gasteiger partial charge in [-0.05, 0) is 304 Å². The van der Waals surface area contributed by atoms with E-state index in [0.29, 0.717) is 103 Å². The molecule has 7 aliphatic rings. The molecule has 11 rings (SSSR count). The Labute approximate surface area is 670 Å². The number of rotatable bonds is 15. The number of halogens is 3. The molecule has 4 aromatic rings. The topological polar surface area (TPSA) is 301 Å². The lowest BCUT2D eigenvalue weighted by atomic mass is 9.73. The average molecular weight is 1630 g/mol. The average Bonchev–Trinajstić information content (AvgIpc) is 1.60. The molecule has 0 bridgehead atoms. The number of nitro groups is 3. The molecule has 3 amide bonds. The van der Waals surface area contributed by atoms with Crippen LogP contribution in [-0.2, 0) is 23.5 Å². The van der Waals surface area contributed by atoms with Crippen LogP contribution in [0, 0.1) is 87.4 Å². The summed E-state index contributed by atoms with van der Waals surface area (Å²) in [6.07, 6.45) is 19.2. The second-order valence-electron chi connectivity index (χ2n) is 33.7. The minimum Gasteiger partial charge on any atom is -0.491 e. The van der Waals surface area contributed by atoms with E-state index in [1.165, 1.54) is 79.7 Å². The third-order valence-corrected chi connectivity index (χ3v) is 20.9. The number of hydrogen-bond acceptors (Lipinski definition) is 18. The number of aliphatic hydroxyl groups excluding tert-OH is 1. The molecule has 3 N–H and O–H groups in total. The highest BCUT2D eigenvalue weighted by atomic mass is 79.9. The SMILES string of the molecule is C.CC1(C)OB(C2=CCCCC2)OC1(C)C.CCC(C)COc1cc(C2=CCN(C(=O)OC(C)(C)C)CC2)c(C)cc1[N+](=O)[O-].Cc1cc(N)c(OCC2CC2)cc1C1CCN(C(=O)OC(C)(C)C)CC1.Cc1cc([N+](=O)[O-])c(F)cc1Br.Cc1cc([N+](=O)[O-])c(F)cc1C1=CCN(C(=O)OC(C)(C)C)CC1.OCC1CC1. The smallest absolute Gasteiger partial charge is 0.490 e. The molecule has 4 heterocycles. The van der Waals surface area contributed by atoms with Crippen molar-refractivity contribution in [3.63, 3.8) is 0 Å². The van der Waals surface area contributed by atoms with Gasteiger partial charge < -0.3 is 58.5 Å². The Bertz CT molecular complexity index is 4000. The summed E-state index contributed by atoms with van der Waals surface area (Å²) in [6, 6.07) is 12.2. The molecule has 0 aromatic heterocycles. The molecule has 28 heteroatoms. The lowest BCUT2D eigenvalue weighted by Gasteiger charge is -2.34. The van der Waals surface area contributed by atoms with Crippen molar-refractivity contribution in [2.75, 3.05) is 64.8 Å². The summed E-state index contributed by atoms with van der Waals surface area (Å²) in [5, 5.41) is 40.7. The van der Waals surface area contributed by atoms with Crippen LogP contribution in [0.3, 0.4) is 0 Å². The van der Waals surface area contributed by atoms with Gasteiger partial charge in [0.2, 0.25) is 11.6 Å². The molecule has 2 saturated heterocycles. The van der Waals surface area contributed by atoms with Crippen LogP contribution in [0.5, 0.6) is 11.5 Å². The van der Waals surface area contributed by atoms with E-state index in [0.717, 1.165) is 85.2 Å². The fourth-order valence-electron chi connectivity index (χ4n) is 12.2. The number of likely N-dealkylation sites (tertiary alicyclic amines) is 1. The molecule has 1 unspecified atom stereocenters. The number of nitrogens with two attached hydrogens (primary N) is 1. The number of anilines is 1. The first kappa shape index (κ1) is 94.4. The number of amides is 3. The van der Waals surface area contributed by atoms with Crippen molar-refractivity contribution in [2.24, 2.45) is 17.8 Å². The molecule has 1 atom stereocenters. The van der Waals surface area contributed by atoms with E-state index in [2.05, 4.69) is 76.5 Å². The second kappa shape index (κ2) is 41.2. The first-order valence-electron chi connectivity index (χ1n) is 38.7. The van der Waals surface area contributed by atoms with Crippen LogP contribution in [-0.4, -0.2) is 147 Å². The Hall–Kier alpha value is -8.21. The molecule has 0 radical (unpaired) electrons. The van der Waals surface area contributed by atoms with Crippen molar-refractivity contribution in [2.45, 2.75) is 256 Å². The normalized spacial score (nSPS) is 17.6. The van der Waals surface area contributed by atoms with Crippen molar-refractivity contribution < 1.29 is 76.0 Å². The van der Waals surface area contributed by atoms with E-state index in [1.54, 1.807) is 56.6 Å². The summed E-state index contributed by atoms with van der Waals surface area (Å²) < 4.78 is 67.2. The number of ether oxygens (including phenoxy) is 5. The molecule has 0 spiro atoms. The first-order valence-corrected chi connectivity index (χ1v) is 39.5. The second-order valence-corrected chi connectivity index (χ2v) is 34.5. The third-order valence-electron chi connectivity index (χ3n) is 20.0. The number of carbonyl (C=O) groups excluding carboxylic acids is 3. The highest BCUT2D eigenvalue weighted by Gasteiger charge is 2.52. The standard InChI is InChI=1S/C22H32N2O5.C21H32N2O3.C17H21FN2O4.C12H21BO2.C7H5BrFNO2.C4H8O.CH4/c1-7-15(2)14-28-20-13-18(16(3)12-19(20)24(26)27)17-8-10-23(11-9-17)21(25)29-22(4,5)6;1-14-11-18(22)19(25-13-15-5-6-15)12-17(14)16-7-9-23(10-8-16)20(24)26-21(2,3)4;1-11-9-15(20(22)23)14(18)10-13(11)12-5-7-19(8-6-12)16(21)24-17(2,3)4;1-11(2)12(3,4)15-13(14-11)10-8-6-5-7-9-10;1-4-2-7(10(11)12)6(9)3-5(4)8;5-3-4-1-2-4;/h8,12-13,15H,7,9-11,14H2,1-6H3;11-12,15-16H,5-10,13,22H2,1-4H3;5,9-10H,6-8H2,1-4H3;8H,5-7,9H2,1-4H3;2-3H,1H3;4-5H,1-3H2;1H4. The van der Waals surface area contributed by atoms with Gasteiger partial charge in [0.1, 0.15) is 22.6 Å². The van der Waals surface area contributed by atoms with Crippen LogP contribution in [0.15, 0.2) is 76.7 Å². The van der Waals surface area contributed by atoms with Crippen LogP contribution >= 0.6 is 15.9 Å². The zero-order valence-electron chi connectivity index (χ0n) is 68.7. The Morgan fingerprint density at radius 2 is 1.06 bits per heavy atom. The summed E-state index contributed by atoms with van der Waals surface area (Å²) in [7, 11) is -0.102. The monoisotopic (exact) mass is 1630 g/mol. The highest BCUT2D eigenvalue weighted by molar-refractivity contribution is 9.10. The number of hydrogen-bond donors (Lipinski definition) is 2. The lowest BCUT2D eigenvalue weighted by Crippen LogP contribution is -2.41. The van der Waals surface area contributed by atoms with Gasteiger partial charge in [-0.3, -0.25) is 30.3 Å². The molecule has 620 valence electrons. The summed E-state index contributed by atoms with van der Waals surface area (Å²) in [4.78, 5) is 72.2. The van der Waals surface area contributed by atoms with Crippen molar-refractivity contribution in [3.8, 4) is 11.5 Å². The predicted molar refractivity (Wildman–Crippen MR) is 440 cm³/mol. The minimum atomic E-state index is -0.851. The van der Waals surface area contributed by atoms with Crippen LogP contribution in [0.1, 0.15) is 240 Å². The van der Waals surface area contributed by atoms with Crippen molar-refractivity contribution in [1.82, 2.24) is 14.7 Å². The maximum Gasteiger partial charge on any atom is 0.490 e. The fraction of sp³-hybridized carbons (Fsp3) is 0.607. The Morgan fingerprint density at radius 1 is 0.607 bits per heavy atom. The summed E-state index contributed by atoms with van der Waals surface area (Å²) >= 11 is 3.07. The van der Waals surface area contributed by atoms with Crippen LogP contribution in [0.25, 0.3) is 11.1 Å². The van der Waals surface area contributed by atoms with E-state index in [-0.39, 0.29) is 49.7 Å². The van der Waals surface area contributed by atoms with E-state index in [9.17, 15) is 53.5 Å². The molecular formula is C84H123BBrF2N7O17. The molecule has 24 nitrogen and oxygen atoms in total. The van der Waals surface area contributed by atoms with Crippen LogP contribution in [0.4, 0.5) is 45.9 Å². The molecule has 2 saturated carbocycles. The van der Waals surface area contributed by atoms with Gasteiger partial charge in [0.05, 0.1) is 44.9 Å². The van der Waals surface area contributed by atoms with Gasteiger partial charge in [-0.25, -0.2) is 14.4 Å². The quantitative estimate of drug-likeness (QED) is 0.0367. The van der Waals surface area contributed by atoms with E-state index >= 15 is 0 Å². The minimum absolute atomic E-state index is 0. The molecule has 3 aliphatic carbocycles. The number of nitrogen functional groups attached to an aromatic ring is 1. The molecule has 4 aromatic carbocycles. The third kappa shape index (κ3) is 29.3. The number of allylic oxidation sites excluding steroid dienone is 2. The Balaban J connectivity index is 0.000000252. The first-order chi connectivity index (χ1) is 51.7. The Morgan fingerprint density at radius 3 is 1.47 bits per heavy atom. The molecule has 4 aliphatic heterocycles. The zero-order valence-corrected chi connectivity index (χ0v) is 70.3. The highest BCUT2D eigenvalue weighted by Crippen LogP contribution is 2.42. The summed E-state index contributed by atoms with van der Waals surface area (Å²) in [5.41, 5.74) is 13.4. The van der Waals surface area contributed by atoms with Crippen molar-refractivity contribution >= 4 is 75.2 Å². The molecule has 112 heavy (non-hydrogen) atoms. The van der Waals surface area contributed by atoms with Gasteiger partial charge in [-0.1, -0.05) is 61.9 Å². The van der Waals surface area contributed by atoms with Gasteiger partial charge in [-0.15, -0.1) is 0 Å². The number of aliphatic hydroxyl groups is 1. The van der Waals surface area contributed by atoms with Gasteiger partial charge >= 0.3 is 42.5 Å². The Kier molecular flexibility index (Phi) is 34.7. The van der Waals surface area contributed by atoms with Gasteiger partial charge in [0, 0.05) is 68.5 Å². The van der Waals surface area contributed by atoms with E-state index in [1.807, 2.05) is 71.6 Å². The largest absolute Gasteiger partial charge is 0.491 e. The molecular weight excluding hydrogens is 1510 g/mol. The van der Waals surface area contributed by atoms with Gasteiger partial charge in [-0.2, -0.15) is 8.78 Å². The van der Waals surface area contributed by atoms with Crippen LogP contribution < -0.4 is 15.2 Å². The fourth-order valence-corrected chi connectivity index (χ4v) is 12.5. The number of aryl methyl sites for hydroxylation is 4. The lowest BCUT2D eigenvalue weighted by molar-refractivity contribution is -0.387. The number of piperidine rings is 1. The van der Waals surface area contributed by atoms with E-state index < -0.39 is 54.6 Å². The molecule has 4 fully saturated rings. The van der Waals surface area contributed by atoms with Gasteiger partial charge in [0.25, 0.3) is 0 Å². The number of benzene rings is 4. The maximum absolute atomic E-state index is 13.9. The predicted octanol–water partition coefficient (Wildman–Crippen LogP) is 20.8. The van der Waals surface area contributed by atoms with Crippen LogP contribution in [0.2, 0.25) is 0 Å². The van der Waals surface area contributed by atoms with Crippen molar-refractivity contribution in [1.29, 1.82) is 0 Å². The maximum atomic E-state index is 13.9.